The van der Waals surface area contributed by atoms with Crippen LogP contribution in [0, 0.1) is 0 Å². The molecule has 0 spiro atoms. The van der Waals surface area contributed by atoms with E-state index < -0.39 is 17.7 Å². The predicted molar refractivity (Wildman–Crippen MR) is 158 cm³/mol. The summed E-state index contributed by atoms with van der Waals surface area (Å²) < 4.78 is 18.0. The van der Waals surface area contributed by atoms with Crippen molar-refractivity contribution >= 4 is 44.1 Å². The molecule has 0 bridgehead atoms. The third-order valence-electron chi connectivity index (χ3n) is 7.02. The Labute approximate surface area is 241 Å². The number of ether oxygens (including phenoxy) is 3. The van der Waals surface area contributed by atoms with E-state index >= 15 is 0 Å². The number of hydrogen-bond donors (Lipinski definition) is 1. The number of rotatable bonds is 8. The van der Waals surface area contributed by atoms with Crippen LogP contribution in [0.1, 0.15) is 36.6 Å². The highest BCUT2D eigenvalue weighted by Gasteiger charge is 2.48. The number of benzene rings is 3. The highest BCUT2D eigenvalue weighted by molar-refractivity contribution is 7.22. The Morgan fingerprint density at radius 1 is 1.15 bits per heavy atom. The van der Waals surface area contributed by atoms with Gasteiger partial charge in [0.1, 0.15) is 35.7 Å². The minimum atomic E-state index is -0.933. The number of thiazole rings is 1. The fourth-order valence-corrected chi connectivity index (χ4v) is 6.27. The molecule has 4 aromatic rings. The zero-order chi connectivity index (χ0) is 28.7. The number of Topliss-reactive ketones (excluding diaryl/α,β-unsaturated/α-hetero) is 1. The van der Waals surface area contributed by atoms with E-state index in [9.17, 15) is 14.7 Å². The molecule has 2 aliphatic heterocycles. The Hall–Kier alpha value is -4.63. The van der Waals surface area contributed by atoms with Crippen LogP contribution in [0.15, 0.2) is 78.9 Å². The van der Waals surface area contributed by atoms with Gasteiger partial charge in [-0.25, -0.2) is 4.98 Å². The third-order valence-corrected chi connectivity index (χ3v) is 8.04. The Morgan fingerprint density at radius 2 is 1.98 bits per heavy atom. The summed E-state index contributed by atoms with van der Waals surface area (Å²) in [5.74, 6) is 0.174. The maximum Gasteiger partial charge on any atom is 0.301 e. The van der Waals surface area contributed by atoms with Gasteiger partial charge in [0.25, 0.3) is 5.78 Å². The lowest BCUT2D eigenvalue weighted by Gasteiger charge is -2.23. The molecule has 0 aliphatic carbocycles. The molecule has 8 nitrogen and oxygen atoms in total. The summed E-state index contributed by atoms with van der Waals surface area (Å²) in [5, 5.41) is 12.0. The minimum absolute atomic E-state index is 0.0166. The number of amides is 1. The van der Waals surface area contributed by atoms with Crippen LogP contribution in [0.2, 0.25) is 0 Å². The normalized spacial score (nSPS) is 19.3. The number of carbonyl (C=O) groups excluding carboxylic acids is 2. The second-order valence-electron chi connectivity index (χ2n) is 9.86. The minimum Gasteiger partial charge on any atom is -0.507 e. The fraction of sp³-hybridized carbons (Fsp3) is 0.219. The van der Waals surface area contributed by atoms with Gasteiger partial charge in [0, 0.05) is 12.0 Å². The molecule has 0 unspecified atom stereocenters. The Kier molecular flexibility index (Phi) is 6.96. The molecule has 3 heterocycles. The first-order valence-corrected chi connectivity index (χ1v) is 14.2. The van der Waals surface area contributed by atoms with E-state index in [2.05, 4.69) is 6.58 Å². The topological polar surface area (TPSA) is 98.2 Å². The average Bonchev–Trinajstić information content (AvgIpc) is 3.63. The second kappa shape index (κ2) is 10.7. The number of nitrogens with zero attached hydrogens (tertiary/aromatic N) is 2. The van der Waals surface area contributed by atoms with Gasteiger partial charge >= 0.3 is 5.91 Å². The highest BCUT2D eigenvalue weighted by atomic mass is 32.1. The molecule has 3 aromatic carbocycles. The fourth-order valence-electron chi connectivity index (χ4n) is 5.25. The molecule has 6 rings (SSSR count). The molecule has 2 atom stereocenters. The van der Waals surface area contributed by atoms with Crippen molar-refractivity contribution in [2.75, 3.05) is 18.1 Å². The van der Waals surface area contributed by atoms with Gasteiger partial charge in [-0.05, 0) is 73.5 Å². The van der Waals surface area contributed by atoms with Crippen molar-refractivity contribution in [1.82, 2.24) is 4.98 Å². The largest absolute Gasteiger partial charge is 0.507 e. The van der Waals surface area contributed by atoms with Crippen molar-refractivity contribution in [3.05, 3.63) is 95.6 Å². The van der Waals surface area contributed by atoms with Crippen molar-refractivity contribution in [3.8, 4) is 17.2 Å². The van der Waals surface area contributed by atoms with Crippen LogP contribution in [0.5, 0.6) is 17.2 Å². The number of aliphatic hydroxyl groups is 1. The molecule has 2 aliphatic rings. The molecule has 0 saturated carbocycles. The van der Waals surface area contributed by atoms with Crippen LogP contribution in [0.4, 0.5) is 5.13 Å². The molecule has 1 saturated heterocycles. The molecule has 1 aromatic heterocycles. The predicted octanol–water partition coefficient (Wildman–Crippen LogP) is 6.21. The van der Waals surface area contributed by atoms with Crippen molar-refractivity contribution in [3.63, 3.8) is 0 Å². The van der Waals surface area contributed by atoms with E-state index in [0.717, 1.165) is 16.0 Å². The lowest BCUT2D eigenvalue weighted by molar-refractivity contribution is -0.132. The van der Waals surface area contributed by atoms with Gasteiger partial charge in [-0.1, -0.05) is 36.1 Å². The van der Waals surface area contributed by atoms with Crippen LogP contribution < -0.4 is 19.1 Å². The van der Waals surface area contributed by atoms with Gasteiger partial charge in [0.2, 0.25) is 0 Å². The molecule has 0 radical (unpaired) electrons. The zero-order valence-corrected chi connectivity index (χ0v) is 23.4. The van der Waals surface area contributed by atoms with Crippen LogP contribution in [-0.2, 0) is 16.0 Å². The van der Waals surface area contributed by atoms with Crippen LogP contribution in [-0.4, -0.2) is 41.1 Å². The molecule has 41 heavy (non-hydrogen) atoms. The Bertz CT molecular complexity index is 1720. The van der Waals surface area contributed by atoms with E-state index in [1.807, 2.05) is 38.1 Å². The highest BCUT2D eigenvalue weighted by Crippen LogP contribution is 2.45. The summed E-state index contributed by atoms with van der Waals surface area (Å²) in [6.45, 7) is 8.38. The van der Waals surface area contributed by atoms with Crippen LogP contribution in [0.3, 0.4) is 0 Å². The number of anilines is 1. The van der Waals surface area contributed by atoms with Crippen molar-refractivity contribution in [2.24, 2.45) is 0 Å². The average molecular weight is 569 g/mol. The SMILES string of the molecule is C=CCOc1cccc([C@H]2/C(=C(\O)c3ccc4c(c3)C[C@H](C)O4)C(=O)C(=O)N2c2nc3ccc(OCC)cc3s2)c1. The van der Waals surface area contributed by atoms with Crippen molar-refractivity contribution < 1.29 is 28.9 Å². The molecule has 208 valence electrons. The lowest BCUT2D eigenvalue weighted by atomic mass is 9.94. The maximum absolute atomic E-state index is 13.7. The first-order chi connectivity index (χ1) is 19.9. The first-order valence-electron chi connectivity index (χ1n) is 13.4. The Balaban J connectivity index is 1.51. The second-order valence-corrected chi connectivity index (χ2v) is 10.9. The van der Waals surface area contributed by atoms with Gasteiger partial charge in [0.15, 0.2) is 5.13 Å². The van der Waals surface area contributed by atoms with Gasteiger partial charge in [-0.2, -0.15) is 0 Å². The quantitative estimate of drug-likeness (QED) is 0.117. The summed E-state index contributed by atoms with van der Waals surface area (Å²) in [6.07, 6.45) is 2.34. The summed E-state index contributed by atoms with van der Waals surface area (Å²) in [7, 11) is 0. The Morgan fingerprint density at radius 3 is 2.78 bits per heavy atom. The van der Waals surface area contributed by atoms with Crippen molar-refractivity contribution in [1.29, 1.82) is 0 Å². The molecule has 1 N–H and O–H groups in total. The monoisotopic (exact) mass is 568 g/mol. The van der Waals surface area contributed by atoms with Gasteiger partial charge in [0.05, 0.1) is 28.4 Å². The first kappa shape index (κ1) is 26.6. The van der Waals surface area contributed by atoms with Crippen LogP contribution >= 0.6 is 11.3 Å². The number of fused-ring (bicyclic) bond motifs is 2. The zero-order valence-electron chi connectivity index (χ0n) is 22.6. The number of hydrogen-bond acceptors (Lipinski definition) is 8. The standard InChI is InChI=1S/C32H28N2O6S/c1-4-13-39-22-8-6-7-19(16-22)28-27(29(35)20-9-12-25-21(15-20)14-18(3)40-25)30(36)31(37)34(28)32-33-24-11-10-23(38-5-2)17-26(24)41-32/h4,6-12,15-18,28,35H,1,5,13-14H2,2-3H3/b29-27+/t18-,28-/m0/s1. The van der Waals surface area contributed by atoms with Gasteiger partial charge < -0.3 is 19.3 Å². The molecular formula is C32H28N2O6S. The molecule has 9 heteroatoms. The van der Waals surface area contributed by atoms with Crippen molar-refractivity contribution in [2.45, 2.75) is 32.4 Å². The van der Waals surface area contributed by atoms with Gasteiger partial charge in [-0.3, -0.25) is 14.5 Å². The van der Waals surface area contributed by atoms with Gasteiger partial charge in [-0.15, -0.1) is 0 Å². The molecular weight excluding hydrogens is 540 g/mol. The van der Waals surface area contributed by atoms with E-state index in [4.69, 9.17) is 19.2 Å². The number of aliphatic hydroxyl groups excluding tert-OH is 1. The molecule has 1 amide bonds. The summed E-state index contributed by atoms with van der Waals surface area (Å²) in [5.41, 5.74) is 2.62. The number of carbonyl (C=O) groups is 2. The smallest absolute Gasteiger partial charge is 0.301 e. The number of aromatic nitrogens is 1. The van der Waals surface area contributed by atoms with Crippen LogP contribution in [0.25, 0.3) is 16.0 Å². The lowest BCUT2D eigenvalue weighted by Crippen LogP contribution is -2.29. The molecule has 1 fully saturated rings. The third kappa shape index (κ3) is 4.82. The summed E-state index contributed by atoms with van der Waals surface area (Å²) >= 11 is 1.28. The van der Waals surface area contributed by atoms with E-state index in [1.165, 1.54) is 16.2 Å². The number of ketones is 1. The van der Waals surface area contributed by atoms with E-state index in [-0.39, 0.29) is 17.4 Å². The summed E-state index contributed by atoms with van der Waals surface area (Å²) in [4.78, 5) is 33.4. The summed E-state index contributed by atoms with van der Waals surface area (Å²) in [6, 6.07) is 17.0. The van der Waals surface area contributed by atoms with E-state index in [1.54, 1.807) is 42.5 Å². The van der Waals surface area contributed by atoms with E-state index in [0.29, 0.717) is 52.9 Å². The maximum atomic E-state index is 13.7.